The molecular weight excluding hydrogens is 343 g/mol. The third kappa shape index (κ3) is 5.20. The Hall–Kier alpha value is -2.59. The van der Waals surface area contributed by atoms with Crippen molar-refractivity contribution in [3.63, 3.8) is 0 Å². The number of rotatable bonds is 6. The number of ether oxygens (including phenoxy) is 1. The Balaban J connectivity index is 2.22. The van der Waals surface area contributed by atoms with E-state index in [4.69, 9.17) is 10.5 Å². The Kier molecular flexibility index (Phi) is 6.22. The standard InChI is InChI=1S/C19H20F3N3O/c1-12(2)7-16(24)11-26-17-4-3-13(8-15(17)10-23)14-5-6-25-18(9-14)19(20,21)22/h3-6,8-9,12,16H,7,11,24H2,1-2H3/t16-/m0/s1. The number of benzene rings is 1. The zero-order valence-electron chi connectivity index (χ0n) is 14.5. The maximum Gasteiger partial charge on any atom is 0.433 e. The molecule has 0 radical (unpaired) electrons. The smallest absolute Gasteiger partial charge is 0.433 e. The Morgan fingerprint density at radius 3 is 2.50 bits per heavy atom. The second-order valence-electron chi connectivity index (χ2n) is 6.45. The van der Waals surface area contributed by atoms with E-state index in [1.165, 1.54) is 12.1 Å². The largest absolute Gasteiger partial charge is 0.491 e. The molecule has 0 saturated heterocycles. The number of nitriles is 1. The third-order valence-electron chi connectivity index (χ3n) is 3.71. The molecule has 1 atom stereocenters. The molecule has 2 rings (SSSR count). The summed E-state index contributed by atoms with van der Waals surface area (Å²) in [7, 11) is 0. The normalized spacial score (nSPS) is 12.7. The Morgan fingerprint density at radius 1 is 1.19 bits per heavy atom. The van der Waals surface area contributed by atoms with Crippen molar-refractivity contribution in [1.29, 1.82) is 5.26 Å². The maximum atomic E-state index is 12.8. The van der Waals surface area contributed by atoms with Gasteiger partial charge in [0.1, 0.15) is 24.1 Å². The van der Waals surface area contributed by atoms with E-state index in [0.717, 1.165) is 18.7 Å². The first-order valence-electron chi connectivity index (χ1n) is 8.17. The first-order chi connectivity index (χ1) is 12.2. The summed E-state index contributed by atoms with van der Waals surface area (Å²) in [6.45, 7) is 4.37. The van der Waals surface area contributed by atoms with Gasteiger partial charge in [0, 0.05) is 12.2 Å². The molecule has 26 heavy (non-hydrogen) atoms. The van der Waals surface area contributed by atoms with E-state index in [2.05, 4.69) is 18.8 Å². The molecule has 0 saturated carbocycles. The molecule has 0 aliphatic carbocycles. The molecule has 0 aliphatic heterocycles. The molecule has 0 spiro atoms. The van der Waals surface area contributed by atoms with Crippen molar-refractivity contribution in [2.75, 3.05) is 6.61 Å². The molecule has 2 N–H and O–H groups in total. The van der Waals surface area contributed by atoms with E-state index in [0.29, 0.717) is 22.8 Å². The number of hydrogen-bond donors (Lipinski definition) is 1. The maximum absolute atomic E-state index is 12.8. The quantitative estimate of drug-likeness (QED) is 0.826. The van der Waals surface area contributed by atoms with Crippen LogP contribution in [0.15, 0.2) is 36.5 Å². The van der Waals surface area contributed by atoms with E-state index < -0.39 is 11.9 Å². The van der Waals surface area contributed by atoms with Gasteiger partial charge in [0.05, 0.1) is 5.56 Å². The summed E-state index contributed by atoms with van der Waals surface area (Å²) in [5.74, 6) is 0.793. The number of halogens is 3. The van der Waals surface area contributed by atoms with E-state index in [9.17, 15) is 18.4 Å². The first kappa shape index (κ1) is 19.7. The SMILES string of the molecule is CC(C)C[C@H](N)COc1ccc(-c2ccnc(C(F)(F)F)c2)cc1C#N. The van der Waals surface area contributed by atoms with E-state index in [1.54, 1.807) is 12.1 Å². The molecule has 0 amide bonds. The van der Waals surface area contributed by atoms with Crippen molar-refractivity contribution in [2.24, 2.45) is 11.7 Å². The van der Waals surface area contributed by atoms with Gasteiger partial charge in [0.15, 0.2) is 0 Å². The number of hydrogen-bond acceptors (Lipinski definition) is 4. The van der Waals surface area contributed by atoms with Crippen LogP contribution >= 0.6 is 0 Å². The van der Waals surface area contributed by atoms with Crippen LogP contribution in [0.25, 0.3) is 11.1 Å². The minimum absolute atomic E-state index is 0.157. The van der Waals surface area contributed by atoms with Gasteiger partial charge in [0.25, 0.3) is 0 Å². The minimum Gasteiger partial charge on any atom is -0.491 e. The lowest BCUT2D eigenvalue weighted by atomic mass is 10.0. The van der Waals surface area contributed by atoms with Gasteiger partial charge in [-0.15, -0.1) is 0 Å². The first-order valence-corrected chi connectivity index (χ1v) is 8.17. The third-order valence-corrected chi connectivity index (χ3v) is 3.71. The van der Waals surface area contributed by atoms with Crippen LogP contribution in [0, 0.1) is 17.2 Å². The van der Waals surface area contributed by atoms with E-state index in [1.807, 2.05) is 6.07 Å². The van der Waals surface area contributed by atoms with Crippen LogP contribution in [0.4, 0.5) is 13.2 Å². The van der Waals surface area contributed by atoms with Crippen LogP contribution in [0.2, 0.25) is 0 Å². The molecule has 0 bridgehead atoms. The summed E-state index contributed by atoms with van der Waals surface area (Å²) < 4.78 is 44.1. The lowest BCUT2D eigenvalue weighted by molar-refractivity contribution is -0.141. The fourth-order valence-electron chi connectivity index (χ4n) is 2.56. The van der Waals surface area contributed by atoms with Crippen LogP contribution in [0.1, 0.15) is 31.5 Å². The fraction of sp³-hybridized carbons (Fsp3) is 0.368. The Labute approximate surface area is 150 Å². The lowest BCUT2D eigenvalue weighted by Gasteiger charge is -2.16. The van der Waals surface area contributed by atoms with Gasteiger partial charge in [-0.05, 0) is 47.7 Å². The predicted molar refractivity (Wildman–Crippen MR) is 92.3 cm³/mol. The highest BCUT2D eigenvalue weighted by molar-refractivity contribution is 5.67. The summed E-state index contributed by atoms with van der Waals surface area (Å²) in [5, 5.41) is 9.33. The molecule has 7 heteroatoms. The highest BCUT2D eigenvalue weighted by atomic mass is 19.4. The molecule has 1 heterocycles. The van der Waals surface area contributed by atoms with Gasteiger partial charge in [0.2, 0.25) is 0 Å². The average molecular weight is 363 g/mol. The highest BCUT2D eigenvalue weighted by Gasteiger charge is 2.32. The van der Waals surface area contributed by atoms with Crippen molar-refractivity contribution in [3.05, 3.63) is 47.8 Å². The van der Waals surface area contributed by atoms with Crippen LogP contribution in [0.3, 0.4) is 0 Å². The number of pyridine rings is 1. The Morgan fingerprint density at radius 2 is 1.88 bits per heavy atom. The van der Waals surface area contributed by atoms with Gasteiger partial charge >= 0.3 is 6.18 Å². The summed E-state index contributed by atoms with van der Waals surface area (Å²) >= 11 is 0. The summed E-state index contributed by atoms with van der Waals surface area (Å²) in [5.41, 5.74) is 6.04. The van der Waals surface area contributed by atoms with Crippen LogP contribution < -0.4 is 10.5 Å². The summed E-state index contributed by atoms with van der Waals surface area (Å²) in [6.07, 6.45) is -2.64. The fourth-order valence-corrected chi connectivity index (χ4v) is 2.56. The van der Waals surface area contributed by atoms with Crippen LogP contribution in [0.5, 0.6) is 5.75 Å². The second kappa shape index (κ2) is 8.19. The number of aromatic nitrogens is 1. The van der Waals surface area contributed by atoms with Gasteiger partial charge < -0.3 is 10.5 Å². The molecule has 138 valence electrons. The highest BCUT2D eigenvalue weighted by Crippen LogP contribution is 2.32. The molecule has 0 fully saturated rings. The zero-order chi connectivity index (χ0) is 19.3. The molecule has 2 aromatic rings. The number of nitrogens with two attached hydrogens (primary N) is 1. The van der Waals surface area contributed by atoms with Crippen molar-refractivity contribution in [3.8, 4) is 22.9 Å². The van der Waals surface area contributed by atoms with Crippen LogP contribution in [-0.4, -0.2) is 17.6 Å². The van der Waals surface area contributed by atoms with Crippen LogP contribution in [-0.2, 0) is 6.18 Å². The molecule has 0 aliphatic rings. The average Bonchev–Trinajstić information content (AvgIpc) is 2.58. The van der Waals surface area contributed by atoms with E-state index >= 15 is 0 Å². The number of nitrogens with zero attached hydrogens (tertiary/aromatic N) is 2. The summed E-state index contributed by atoms with van der Waals surface area (Å²) in [6, 6.07) is 8.95. The van der Waals surface area contributed by atoms with Gasteiger partial charge in [-0.3, -0.25) is 4.98 Å². The Bertz CT molecular complexity index is 797. The molecule has 1 aromatic carbocycles. The molecular formula is C19H20F3N3O. The topological polar surface area (TPSA) is 71.9 Å². The van der Waals surface area contributed by atoms with Crippen molar-refractivity contribution >= 4 is 0 Å². The number of alkyl halides is 3. The molecule has 1 aromatic heterocycles. The predicted octanol–water partition coefficient (Wildman–Crippen LogP) is 4.39. The van der Waals surface area contributed by atoms with Crippen molar-refractivity contribution < 1.29 is 17.9 Å². The molecule has 4 nitrogen and oxygen atoms in total. The second-order valence-corrected chi connectivity index (χ2v) is 6.45. The van der Waals surface area contributed by atoms with Crippen molar-refractivity contribution in [1.82, 2.24) is 4.98 Å². The van der Waals surface area contributed by atoms with Gasteiger partial charge in [-0.2, -0.15) is 18.4 Å². The van der Waals surface area contributed by atoms with E-state index in [-0.39, 0.29) is 18.2 Å². The molecule has 0 unspecified atom stereocenters. The minimum atomic E-state index is -4.52. The van der Waals surface area contributed by atoms with Gasteiger partial charge in [-0.25, -0.2) is 0 Å². The lowest BCUT2D eigenvalue weighted by Crippen LogP contribution is -2.29. The summed E-state index contributed by atoms with van der Waals surface area (Å²) in [4.78, 5) is 3.34. The zero-order valence-corrected chi connectivity index (χ0v) is 14.5. The van der Waals surface area contributed by atoms with Crippen molar-refractivity contribution in [2.45, 2.75) is 32.5 Å². The van der Waals surface area contributed by atoms with Gasteiger partial charge in [-0.1, -0.05) is 19.9 Å². The monoisotopic (exact) mass is 363 g/mol.